The molecule has 0 aliphatic rings. The SMILES string of the molecule is CCC(C)c1ccccc1Oc1ncc(Br)cc1[N+](=O)[O-]. The number of hydrogen-bond donors (Lipinski definition) is 0. The summed E-state index contributed by atoms with van der Waals surface area (Å²) in [4.78, 5) is 14.6. The monoisotopic (exact) mass is 350 g/mol. The van der Waals surface area contributed by atoms with Gasteiger partial charge in [-0.25, -0.2) is 4.98 Å². The lowest BCUT2D eigenvalue weighted by atomic mass is 9.98. The molecule has 0 bridgehead atoms. The van der Waals surface area contributed by atoms with Crippen molar-refractivity contribution in [2.24, 2.45) is 0 Å². The predicted molar refractivity (Wildman–Crippen MR) is 83.8 cm³/mol. The highest BCUT2D eigenvalue weighted by atomic mass is 79.9. The Morgan fingerprint density at radius 3 is 2.81 bits per heavy atom. The van der Waals surface area contributed by atoms with Crippen molar-refractivity contribution in [3.8, 4) is 11.6 Å². The van der Waals surface area contributed by atoms with Gasteiger partial charge in [-0.1, -0.05) is 32.0 Å². The molecule has 0 fully saturated rings. The molecule has 0 amide bonds. The minimum absolute atomic E-state index is 0.000969. The summed E-state index contributed by atoms with van der Waals surface area (Å²) < 4.78 is 6.24. The summed E-state index contributed by atoms with van der Waals surface area (Å²) in [5.41, 5.74) is 0.849. The number of nitrogens with zero attached hydrogens (tertiary/aromatic N) is 2. The number of aromatic nitrogens is 1. The first-order valence-electron chi connectivity index (χ1n) is 6.59. The van der Waals surface area contributed by atoms with E-state index < -0.39 is 4.92 Å². The predicted octanol–water partition coefficient (Wildman–Crippen LogP) is 5.06. The average Bonchev–Trinajstić information content (AvgIpc) is 2.48. The van der Waals surface area contributed by atoms with Gasteiger partial charge in [0.15, 0.2) is 0 Å². The molecule has 2 aromatic rings. The standard InChI is InChI=1S/C15H15BrN2O3/c1-3-10(2)12-6-4-5-7-14(12)21-15-13(18(19)20)8-11(16)9-17-15/h4-10H,3H2,1-2H3. The maximum absolute atomic E-state index is 11.1. The van der Waals surface area contributed by atoms with Crippen LogP contribution in [-0.4, -0.2) is 9.91 Å². The van der Waals surface area contributed by atoms with E-state index in [4.69, 9.17) is 4.74 Å². The molecule has 0 saturated heterocycles. The lowest BCUT2D eigenvalue weighted by Gasteiger charge is -2.14. The number of para-hydroxylation sites is 1. The summed E-state index contributed by atoms with van der Waals surface area (Å²) >= 11 is 3.18. The summed E-state index contributed by atoms with van der Waals surface area (Å²) in [5, 5.41) is 11.1. The second-order valence-corrected chi connectivity index (χ2v) is 5.60. The number of nitro groups is 1. The maximum Gasteiger partial charge on any atom is 0.332 e. The highest BCUT2D eigenvalue weighted by Crippen LogP contribution is 2.35. The van der Waals surface area contributed by atoms with E-state index in [9.17, 15) is 10.1 Å². The molecular weight excluding hydrogens is 336 g/mol. The largest absolute Gasteiger partial charge is 0.433 e. The third kappa shape index (κ3) is 3.58. The molecule has 1 aromatic carbocycles. The molecule has 0 spiro atoms. The molecular formula is C15H15BrN2O3. The maximum atomic E-state index is 11.1. The van der Waals surface area contributed by atoms with Gasteiger partial charge < -0.3 is 4.74 Å². The minimum Gasteiger partial charge on any atom is -0.433 e. The molecule has 1 aromatic heterocycles. The van der Waals surface area contributed by atoms with Gasteiger partial charge in [0.2, 0.25) is 0 Å². The van der Waals surface area contributed by atoms with Crippen LogP contribution in [0.4, 0.5) is 5.69 Å². The number of benzene rings is 1. The van der Waals surface area contributed by atoms with Crippen LogP contribution in [0.25, 0.3) is 0 Å². The van der Waals surface area contributed by atoms with Crippen LogP contribution in [0.5, 0.6) is 11.6 Å². The lowest BCUT2D eigenvalue weighted by molar-refractivity contribution is -0.386. The molecule has 2 rings (SSSR count). The van der Waals surface area contributed by atoms with Crippen molar-refractivity contribution in [3.05, 3.63) is 56.7 Å². The van der Waals surface area contributed by atoms with Crippen LogP contribution in [-0.2, 0) is 0 Å². The molecule has 1 unspecified atom stereocenters. The summed E-state index contributed by atoms with van der Waals surface area (Å²) in [6.07, 6.45) is 2.43. The van der Waals surface area contributed by atoms with E-state index in [1.807, 2.05) is 18.2 Å². The quantitative estimate of drug-likeness (QED) is 0.558. The number of pyridine rings is 1. The fraction of sp³-hybridized carbons (Fsp3) is 0.267. The Balaban J connectivity index is 2.41. The highest BCUT2D eigenvalue weighted by Gasteiger charge is 2.20. The number of ether oxygens (including phenoxy) is 1. The fourth-order valence-electron chi connectivity index (χ4n) is 1.93. The van der Waals surface area contributed by atoms with Crippen LogP contribution in [0.3, 0.4) is 0 Å². The van der Waals surface area contributed by atoms with Gasteiger partial charge in [0.1, 0.15) is 5.75 Å². The number of hydrogen-bond acceptors (Lipinski definition) is 4. The number of halogens is 1. The van der Waals surface area contributed by atoms with E-state index in [1.54, 1.807) is 6.07 Å². The Morgan fingerprint density at radius 2 is 2.14 bits per heavy atom. The van der Waals surface area contributed by atoms with Crippen LogP contribution >= 0.6 is 15.9 Å². The van der Waals surface area contributed by atoms with Crippen molar-refractivity contribution in [2.75, 3.05) is 0 Å². The second kappa shape index (κ2) is 6.67. The smallest absolute Gasteiger partial charge is 0.332 e. The molecule has 1 atom stereocenters. The molecule has 0 aliphatic heterocycles. The Morgan fingerprint density at radius 1 is 1.43 bits per heavy atom. The first kappa shape index (κ1) is 15.4. The van der Waals surface area contributed by atoms with Gasteiger partial charge in [-0.3, -0.25) is 10.1 Å². The van der Waals surface area contributed by atoms with Crippen LogP contribution in [0, 0.1) is 10.1 Å². The average molecular weight is 351 g/mol. The van der Waals surface area contributed by atoms with E-state index in [-0.39, 0.29) is 11.6 Å². The molecule has 6 heteroatoms. The third-order valence-electron chi connectivity index (χ3n) is 3.26. The van der Waals surface area contributed by atoms with Crippen molar-refractivity contribution in [1.82, 2.24) is 4.98 Å². The van der Waals surface area contributed by atoms with E-state index in [0.29, 0.717) is 16.1 Å². The van der Waals surface area contributed by atoms with Gasteiger partial charge in [-0.05, 0) is 39.9 Å². The normalized spacial score (nSPS) is 12.0. The van der Waals surface area contributed by atoms with Crippen molar-refractivity contribution in [1.29, 1.82) is 0 Å². The van der Waals surface area contributed by atoms with Gasteiger partial charge in [0, 0.05) is 16.7 Å². The molecule has 1 heterocycles. The molecule has 5 nitrogen and oxygen atoms in total. The first-order chi connectivity index (χ1) is 10.0. The zero-order valence-electron chi connectivity index (χ0n) is 11.7. The lowest BCUT2D eigenvalue weighted by Crippen LogP contribution is -2.00. The molecule has 0 saturated carbocycles. The zero-order valence-corrected chi connectivity index (χ0v) is 13.3. The zero-order chi connectivity index (χ0) is 15.4. The molecule has 0 radical (unpaired) electrons. The summed E-state index contributed by atoms with van der Waals surface area (Å²) in [7, 11) is 0. The van der Waals surface area contributed by atoms with Gasteiger partial charge in [0.25, 0.3) is 5.88 Å². The van der Waals surface area contributed by atoms with Crippen LogP contribution in [0.15, 0.2) is 41.0 Å². The van der Waals surface area contributed by atoms with Gasteiger partial charge in [0.05, 0.1) is 4.92 Å². The Kier molecular flexibility index (Phi) is 4.90. The summed E-state index contributed by atoms with van der Waals surface area (Å²) in [6, 6.07) is 8.92. The first-order valence-corrected chi connectivity index (χ1v) is 7.39. The second-order valence-electron chi connectivity index (χ2n) is 4.68. The Bertz CT molecular complexity index is 661. The van der Waals surface area contributed by atoms with Gasteiger partial charge in [-0.15, -0.1) is 0 Å². The summed E-state index contributed by atoms with van der Waals surface area (Å²) in [6.45, 7) is 4.17. The molecule has 0 N–H and O–H groups in total. The van der Waals surface area contributed by atoms with E-state index >= 15 is 0 Å². The molecule has 0 aliphatic carbocycles. The topological polar surface area (TPSA) is 65.3 Å². The Hall–Kier alpha value is -1.95. The third-order valence-corrected chi connectivity index (χ3v) is 3.70. The number of rotatable bonds is 5. The van der Waals surface area contributed by atoms with Gasteiger partial charge >= 0.3 is 5.69 Å². The summed E-state index contributed by atoms with van der Waals surface area (Å²) in [5.74, 6) is 0.902. The van der Waals surface area contributed by atoms with E-state index in [2.05, 4.69) is 34.8 Å². The van der Waals surface area contributed by atoms with E-state index in [1.165, 1.54) is 12.3 Å². The fourth-order valence-corrected chi connectivity index (χ4v) is 2.25. The van der Waals surface area contributed by atoms with Crippen molar-refractivity contribution >= 4 is 21.6 Å². The van der Waals surface area contributed by atoms with Gasteiger partial charge in [-0.2, -0.15) is 0 Å². The van der Waals surface area contributed by atoms with Crippen molar-refractivity contribution in [2.45, 2.75) is 26.2 Å². The van der Waals surface area contributed by atoms with Crippen molar-refractivity contribution in [3.63, 3.8) is 0 Å². The Labute approximate surface area is 131 Å². The highest BCUT2D eigenvalue weighted by molar-refractivity contribution is 9.10. The molecule has 110 valence electrons. The van der Waals surface area contributed by atoms with Crippen LogP contribution < -0.4 is 4.74 Å². The van der Waals surface area contributed by atoms with Crippen molar-refractivity contribution < 1.29 is 9.66 Å². The molecule has 21 heavy (non-hydrogen) atoms. The minimum atomic E-state index is -0.501. The van der Waals surface area contributed by atoms with Crippen LogP contribution in [0.2, 0.25) is 0 Å². The van der Waals surface area contributed by atoms with E-state index in [0.717, 1.165) is 12.0 Å². The van der Waals surface area contributed by atoms with Crippen LogP contribution in [0.1, 0.15) is 31.7 Å².